The van der Waals surface area contributed by atoms with E-state index in [1.807, 2.05) is 30.3 Å². The number of carbonyl (C=O) groups excluding carboxylic acids is 2. The molecule has 1 aromatic rings. The summed E-state index contributed by atoms with van der Waals surface area (Å²) in [5.74, 6) is -0.621. The molecular formula is C24H29NO3S. The molecule has 5 heteroatoms. The number of hydrogen-bond donors (Lipinski definition) is 0. The Balaban J connectivity index is 1.50. The maximum atomic E-state index is 13.6. The molecule has 1 unspecified atom stereocenters. The highest BCUT2D eigenvalue weighted by Gasteiger charge is 2.55. The summed E-state index contributed by atoms with van der Waals surface area (Å²) < 4.78 is 13.6. The first-order valence-electron chi connectivity index (χ1n) is 11.2. The van der Waals surface area contributed by atoms with Crippen molar-refractivity contribution in [3.05, 3.63) is 40.8 Å². The molecule has 1 heterocycles. The van der Waals surface area contributed by atoms with Crippen molar-refractivity contribution in [1.29, 1.82) is 0 Å². The standard InChI is InChI=1S/C24H29NO3S/c26-23-20-15-21(29(28)17-11-5-2-6-12-17)18-13-7-8-14-19(18)22(20)24(27)25(23)16-9-3-1-4-10-16/h1,3-4,9-10,17,19-20,22H,2,5-8,11-15H2/t19-,20-,22+,29?/m1/s1. The Labute approximate surface area is 175 Å². The second-order valence-corrected chi connectivity index (χ2v) is 10.8. The smallest absolute Gasteiger partial charge is 0.238 e. The van der Waals surface area contributed by atoms with Crippen LogP contribution in [0.25, 0.3) is 0 Å². The predicted octanol–water partition coefficient (Wildman–Crippen LogP) is 4.72. The van der Waals surface area contributed by atoms with E-state index in [4.69, 9.17) is 0 Å². The third kappa shape index (κ3) is 3.22. The molecule has 2 amide bonds. The normalized spacial score (nSPS) is 31.6. The number of rotatable bonds is 3. The van der Waals surface area contributed by atoms with Crippen molar-refractivity contribution in [3.63, 3.8) is 0 Å². The minimum atomic E-state index is -1.01. The van der Waals surface area contributed by atoms with E-state index in [9.17, 15) is 13.8 Å². The summed E-state index contributed by atoms with van der Waals surface area (Å²) >= 11 is 0. The lowest BCUT2D eigenvalue weighted by Gasteiger charge is -2.38. The Bertz CT molecular complexity index is 871. The first-order chi connectivity index (χ1) is 14.2. The molecule has 3 aliphatic carbocycles. The van der Waals surface area contributed by atoms with E-state index in [0.717, 1.165) is 56.3 Å². The Morgan fingerprint density at radius 3 is 2.31 bits per heavy atom. The summed E-state index contributed by atoms with van der Waals surface area (Å²) in [5.41, 5.74) is 1.95. The zero-order valence-corrected chi connectivity index (χ0v) is 17.7. The van der Waals surface area contributed by atoms with Crippen molar-refractivity contribution in [1.82, 2.24) is 0 Å². The van der Waals surface area contributed by atoms with Crippen molar-refractivity contribution < 1.29 is 13.8 Å². The molecule has 2 saturated carbocycles. The van der Waals surface area contributed by atoms with Crippen molar-refractivity contribution in [3.8, 4) is 0 Å². The zero-order chi connectivity index (χ0) is 20.0. The van der Waals surface area contributed by atoms with Crippen LogP contribution in [0.15, 0.2) is 40.8 Å². The van der Waals surface area contributed by atoms with Crippen molar-refractivity contribution in [2.75, 3.05) is 4.90 Å². The van der Waals surface area contributed by atoms with E-state index >= 15 is 0 Å². The molecule has 1 aliphatic heterocycles. The summed E-state index contributed by atoms with van der Waals surface area (Å²) in [5, 5.41) is 0.239. The minimum Gasteiger partial charge on any atom is -0.274 e. The van der Waals surface area contributed by atoms with Crippen LogP contribution in [-0.2, 0) is 20.4 Å². The van der Waals surface area contributed by atoms with Crippen LogP contribution in [0.5, 0.6) is 0 Å². The van der Waals surface area contributed by atoms with E-state index in [-0.39, 0.29) is 34.8 Å². The molecular weight excluding hydrogens is 382 g/mol. The number of imide groups is 1. The summed E-state index contributed by atoms with van der Waals surface area (Å²) in [6.45, 7) is 0. The number of fused-ring (bicyclic) bond motifs is 3. The maximum Gasteiger partial charge on any atom is 0.238 e. The highest BCUT2D eigenvalue weighted by molar-refractivity contribution is 7.89. The molecule has 154 valence electrons. The molecule has 0 bridgehead atoms. The van der Waals surface area contributed by atoms with Crippen LogP contribution in [0.2, 0.25) is 0 Å². The number of carbonyl (C=O) groups is 2. The van der Waals surface area contributed by atoms with E-state index in [0.29, 0.717) is 12.1 Å². The quantitative estimate of drug-likeness (QED) is 0.676. The summed E-state index contributed by atoms with van der Waals surface area (Å²) in [7, 11) is -1.01. The second-order valence-electron chi connectivity index (χ2n) is 9.04. The van der Waals surface area contributed by atoms with Crippen molar-refractivity contribution in [2.24, 2.45) is 17.8 Å². The fourth-order valence-corrected chi connectivity index (χ4v) is 8.07. The van der Waals surface area contributed by atoms with Gasteiger partial charge in [-0.25, -0.2) is 0 Å². The molecule has 0 radical (unpaired) electrons. The van der Waals surface area contributed by atoms with Gasteiger partial charge in [-0.2, -0.15) is 0 Å². The minimum absolute atomic E-state index is 0.0434. The molecule has 1 saturated heterocycles. The summed E-state index contributed by atoms with van der Waals surface area (Å²) in [6.07, 6.45) is 10.3. The van der Waals surface area contributed by atoms with Gasteiger partial charge in [-0.1, -0.05) is 49.5 Å². The maximum absolute atomic E-state index is 13.6. The van der Waals surface area contributed by atoms with E-state index in [1.54, 1.807) is 0 Å². The summed E-state index contributed by atoms with van der Waals surface area (Å²) in [4.78, 5) is 29.2. The van der Waals surface area contributed by atoms with Gasteiger partial charge in [0.15, 0.2) is 0 Å². The van der Waals surface area contributed by atoms with Crippen LogP contribution in [0.3, 0.4) is 0 Å². The number of benzene rings is 1. The number of hydrogen-bond acceptors (Lipinski definition) is 3. The topological polar surface area (TPSA) is 54.5 Å². The van der Waals surface area contributed by atoms with Gasteiger partial charge >= 0.3 is 0 Å². The molecule has 5 rings (SSSR count). The number of nitrogens with zero attached hydrogens (tertiary/aromatic N) is 1. The Morgan fingerprint density at radius 2 is 1.55 bits per heavy atom. The molecule has 1 aromatic carbocycles. The van der Waals surface area contributed by atoms with Crippen LogP contribution in [0, 0.1) is 17.8 Å². The Kier molecular flexibility index (Phi) is 5.19. The molecule has 3 fully saturated rings. The monoisotopic (exact) mass is 411 g/mol. The van der Waals surface area contributed by atoms with E-state index in [1.165, 1.54) is 16.9 Å². The number of anilines is 1. The van der Waals surface area contributed by atoms with E-state index in [2.05, 4.69) is 0 Å². The second kappa shape index (κ2) is 7.82. The first-order valence-corrected chi connectivity index (χ1v) is 12.4. The van der Waals surface area contributed by atoms with E-state index < -0.39 is 10.8 Å². The van der Waals surface area contributed by atoms with Gasteiger partial charge in [-0.3, -0.25) is 18.7 Å². The van der Waals surface area contributed by atoms with Gasteiger partial charge in [-0.05, 0) is 56.6 Å². The molecule has 0 N–H and O–H groups in total. The molecule has 4 aliphatic rings. The van der Waals surface area contributed by atoms with Gasteiger partial charge in [-0.15, -0.1) is 0 Å². The molecule has 4 nitrogen and oxygen atoms in total. The van der Waals surface area contributed by atoms with Crippen LogP contribution in [0.4, 0.5) is 5.69 Å². The molecule has 0 aromatic heterocycles. The highest BCUT2D eigenvalue weighted by Crippen LogP contribution is 2.51. The average Bonchev–Trinajstić information content (AvgIpc) is 3.04. The average molecular weight is 412 g/mol. The highest BCUT2D eigenvalue weighted by atomic mass is 32.2. The number of amides is 2. The third-order valence-corrected chi connectivity index (χ3v) is 9.44. The lowest BCUT2D eigenvalue weighted by Crippen LogP contribution is -2.37. The third-order valence-electron chi connectivity index (χ3n) is 7.44. The zero-order valence-electron chi connectivity index (χ0n) is 16.8. The van der Waals surface area contributed by atoms with Crippen molar-refractivity contribution in [2.45, 2.75) is 69.5 Å². The predicted molar refractivity (Wildman–Crippen MR) is 115 cm³/mol. The fraction of sp³-hybridized carbons (Fsp3) is 0.583. The molecule has 4 atom stereocenters. The van der Waals surface area contributed by atoms with Gasteiger partial charge in [0, 0.05) is 10.2 Å². The van der Waals surface area contributed by atoms with Crippen LogP contribution >= 0.6 is 0 Å². The number of allylic oxidation sites excluding steroid dienone is 2. The Hall–Kier alpha value is -1.75. The fourth-order valence-electron chi connectivity index (χ4n) is 6.05. The lowest BCUT2D eigenvalue weighted by atomic mass is 9.67. The van der Waals surface area contributed by atoms with Gasteiger partial charge < -0.3 is 0 Å². The van der Waals surface area contributed by atoms with Gasteiger partial charge in [0.25, 0.3) is 0 Å². The number of para-hydroxylation sites is 1. The largest absolute Gasteiger partial charge is 0.274 e. The molecule has 29 heavy (non-hydrogen) atoms. The lowest BCUT2D eigenvalue weighted by molar-refractivity contribution is -0.122. The molecule has 0 spiro atoms. The summed E-state index contributed by atoms with van der Waals surface area (Å²) in [6, 6.07) is 9.30. The van der Waals surface area contributed by atoms with Crippen LogP contribution in [-0.4, -0.2) is 21.3 Å². The van der Waals surface area contributed by atoms with Gasteiger partial charge in [0.1, 0.15) is 0 Å². The van der Waals surface area contributed by atoms with Crippen molar-refractivity contribution >= 4 is 28.3 Å². The van der Waals surface area contributed by atoms with Crippen LogP contribution < -0.4 is 4.90 Å². The van der Waals surface area contributed by atoms with Gasteiger partial charge in [0.2, 0.25) is 11.8 Å². The first kappa shape index (κ1) is 19.2. The van der Waals surface area contributed by atoms with Gasteiger partial charge in [0.05, 0.1) is 28.3 Å². The Morgan fingerprint density at radius 1 is 0.828 bits per heavy atom. The van der Waals surface area contributed by atoms with Crippen LogP contribution in [0.1, 0.15) is 64.2 Å². The SMILES string of the molecule is O=C1[C@H]2[C@@H]3CCCCC3=C(S(=O)C3CCCCC3)C[C@H]2C(=O)N1c1ccccc1.